The summed E-state index contributed by atoms with van der Waals surface area (Å²) in [6, 6.07) is 3.75. The van der Waals surface area contributed by atoms with Crippen LogP contribution in [0.15, 0.2) is 29.9 Å². The van der Waals surface area contributed by atoms with Gasteiger partial charge in [0.15, 0.2) is 0 Å². The van der Waals surface area contributed by atoms with Gasteiger partial charge in [-0.05, 0) is 31.9 Å². The molecule has 23 heavy (non-hydrogen) atoms. The third kappa shape index (κ3) is 2.96. The molecule has 120 valence electrons. The summed E-state index contributed by atoms with van der Waals surface area (Å²) in [5.41, 5.74) is 0.477. The second-order valence-corrected chi connectivity index (χ2v) is 6.65. The molecule has 1 atom stereocenters. The molecule has 0 aromatic carbocycles. The monoisotopic (exact) mass is 331 g/mol. The first kappa shape index (κ1) is 15.6. The van der Waals surface area contributed by atoms with Crippen LogP contribution >= 0.6 is 11.3 Å². The van der Waals surface area contributed by atoms with Crippen LogP contribution in [-0.4, -0.2) is 43.9 Å². The maximum Gasteiger partial charge on any atom is 0.329 e. The Hall–Kier alpha value is -2.28. The van der Waals surface area contributed by atoms with Crippen molar-refractivity contribution in [1.29, 1.82) is 0 Å². The van der Waals surface area contributed by atoms with Gasteiger partial charge in [0.05, 0.1) is 12.1 Å². The van der Waals surface area contributed by atoms with E-state index in [4.69, 9.17) is 0 Å². The number of pyridine rings is 1. The molecular formula is C16H17N3O3S. The largest absolute Gasteiger partial charge is 0.480 e. The van der Waals surface area contributed by atoms with Gasteiger partial charge in [-0.2, -0.15) is 0 Å². The average Bonchev–Trinajstić information content (AvgIpc) is 3.15. The van der Waals surface area contributed by atoms with E-state index in [1.165, 1.54) is 16.2 Å². The molecule has 1 fully saturated rings. The summed E-state index contributed by atoms with van der Waals surface area (Å²) in [6.45, 7) is 2.10. The van der Waals surface area contributed by atoms with Crippen LogP contribution in [0.2, 0.25) is 0 Å². The molecule has 1 aliphatic rings. The van der Waals surface area contributed by atoms with Crippen LogP contribution in [0.3, 0.4) is 0 Å². The number of amides is 1. The summed E-state index contributed by atoms with van der Waals surface area (Å²) in [7, 11) is 0. The van der Waals surface area contributed by atoms with Gasteiger partial charge in [-0.3, -0.25) is 9.78 Å². The molecule has 1 saturated heterocycles. The first-order valence-corrected chi connectivity index (χ1v) is 8.27. The van der Waals surface area contributed by atoms with Crippen molar-refractivity contribution < 1.29 is 14.7 Å². The Morgan fingerprint density at radius 2 is 2.30 bits per heavy atom. The molecule has 0 radical (unpaired) electrons. The maximum atomic E-state index is 12.5. The third-order valence-corrected chi connectivity index (χ3v) is 5.14. The minimum atomic E-state index is -1.10. The Balaban J connectivity index is 1.74. The number of nitrogens with zero attached hydrogens (tertiary/aromatic N) is 3. The van der Waals surface area contributed by atoms with E-state index in [2.05, 4.69) is 9.97 Å². The molecular weight excluding hydrogens is 314 g/mol. The van der Waals surface area contributed by atoms with Crippen molar-refractivity contribution in [1.82, 2.24) is 14.9 Å². The highest BCUT2D eigenvalue weighted by Gasteiger charge is 2.45. The molecule has 1 aliphatic heterocycles. The number of aliphatic carboxylic acids is 1. The van der Waals surface area contributed by atoms with Gasteiger partial charge in [-0.15, -0.1) is 11.3 Å². The number of thiazole rings is 1. The fraction of sp³-hybridized carbons (Fsp3) is 0.375. The van der Waals surface area contributed by atoms with Crippen molar-refractivity contribution >= 4 is 23.2 Å². The number of rotatable bonds is 4. The van der Waals surface area contributed by atoms with Crippen molar-refractivity contribution in [3.63, 3.8) is 0 Å². The van der Waals surface area contributed by atoms with Gasteiger partial charge in [0, 0.05) is 29.9 Å². The highest BCUT2D eigenvalue weighted by atomic mass is 32.1. The standard InChI is InChI=1S/C16H17N3O3S/c1-16(15(21)22)5-3-7-19(16)13(20)8-12-10-23-14(18-12)11-4-2-6-17-9-11/h2,4,6,9-10H,3,5,7-8H2,1H3,(H,21,22). The van der Waals surface area contributed by atoms with Gasteiger partial charge in [-0.25, -0.2) is 9.78 Å². The van der Waals surface area contributed by atoms with E-state index in [1.807, 2.05) is 17.5 Å². The second-order valence-electron chi connectivity index (χ2n) is 5.79. The fourth-order valence-corrected chi connectivity index (χ4v) is 3.66. The lowest BCUT2D eigenvalue weighted by atomic mass is 9.99. The molecule has 3 rings (SSSR count). The van der Waals surface area contributed by atoms with Crippen LogP contribution < -0.4 is 0 Å². The van der Waals surface area contributed by atoms with E-state index < -0.39 is 11.5 Å². The molecule has 1 amide bonds. The molecule has 1 unspecified atom stereocenters. The van der Waals surface area contributed by atoms with Crippen LogP contribution in [0.4, 0.5) is 0 Å². The smallest absolute Gasteiger partial charge is 0.329 e. The second kappa shape index (κ2) is 6.08. The van der Waals surface area contributed by atoms with Crippen LogP contribution in [0.5, 0.6) is 0 Å². The number of carbonyl (C=O) groups excluding carboxylic acids is 1. The number of carboxylic acid groups (broad SMARTS) is 1. The minimum absolute atomic E-state index is 0.125. The highest BCUT2D eigenvalue weighted by Crippen LogP contribution is 2.30. The summed E-state index contributed by atoms with van der Waals surface area (Å²) in [5, 5.41) is 12.0. The molecule has 1 N–H and O–H groups in total. The van der Waals surface area contributed by atoms with Crippen molar-refractivity contribution in [2.75, 3.05) is 6.54 Å². The predicted octanol–water partition coefficient (Wildman–Crippen LogP) is 2.21. The quantitative estimate of drug-likeness (QED) is 0.929. The Morgan fingerprint density at radius 3 is 3.00 bits per heavy atom. The first-order valence-electron chi connectivity index (χ1n) is 7.39. The van der Waals surface area contributed by atoms with Crippen molar-refractivity contribution in [2.24, 2.45) is 0 Å². The summed E-state index contributed by atoms with van der Waals surface area (Å²) >= 11 is 1.46. The first-order chi connectivity index (χ1) is 11.0. The van der Waals surface area contributed by atoms with E-state index in [1.54, 1.807) is 19.3 Å². The summed E-state index contributed by atoms with van der Waals surface area (Å²) < 4.78 is 0. The van der Waals surface area contributed by atoms with Crippen molar-refractivity contribution in [2.45, 2.75) is 31.7 Å². The van der Waals surface area contributed by atoms with Gasteiger partial charge in [0.25, 0.3) is 0 Å². The van der Waals surface area contributed by atoms with E-state index in [9.17, 15) is 14.7 Å². The minimum Gasteiger partial charge on any atom is -0.480 e. The van der Waals surface area contributed by atoms with Gasteiger partial charge >= 0.3 is 5.97 Å². The maximum absolute atomic E-state index is 12.5. The predicted molar refractivity (Wildman–Crippen MR) is 86.0 cm³/mol. The Kier molecular flexibility index (Phi) is 4.12. The molecule has 0 spiro atoms. The van der Waals surface area contributed by atoms with Gasteiger partial charge < -0.3 is 10.0 Å². The lowest BCUT2D eigenvalue weighted by Gasteiger charge is -2.31. The number of hydrogen-bond donors (Lipinski definition) is 1. The molecule has 0 bridgehead atoms. The Morgan fingerprint density at radius 1 is 1.48 bits per heavy atom. The van der Waals surface area contributed by atoms with E-state index >= 15 is 0 Å². The van der Waals surface area contributed by atoms with Crippen molar-refractivity contribution in [3.05, 3.63) is 35.6 Å². The molecule has 2 aromatic heterocycles. The van der Waals surface area contributed by atoms with Gasteiger partial charge in [-0.1, -0.05) is 0 Å². The molecule has 6 nitrogen and oxygen atoms in total. The zero-order chi connectivity index (χ0) is 16.4. The summed E-state index contributed by atoms with van der Waals surface area (Å²) in [5.74, 6) is -1.13. The number of carbonyl (C=O) groups is 2. The summed E-state index contributed by atoms with van der Waals surface area (Å²) in [4.78, 5) is 34.0. The van der Waals surface area contributed by atoms with Gasteiger partial charge in [0.1, 0.15) is 10.5 Å². The lowest BCUT2D eigenvalue weighted by Crippen LogP contribution is -2.51. The van der Waals surface area contributed by atoms with Crippen molar-refractivity contribution in [3.8, 4) is 10.6 Å². The van der Waals surface area contributed by atoms with Crippen LogP contribution in [-0.2, 0) is 16.0 Å². The fourth-order valence-electron chi connectivity index (χ4n) is 2.85. The number of hydrogen-bond acceptors (Lipinski definition) is 5. The molecule has 2 aromatic rings. The molecule has 3 heterocycles. The number of likely N-dealkylation sites (tertiary alicyclic amines) is 1. The zero-order valence-electron chi connectivity index (χ0n) is 12.7. The van der Waals surface area contributed by atoms with Crippen LogP contribution in [0.25, 0.3) is 10.6 Å². The lowest BCUT2D eigenvalue weighted by molar-refractivity contribution is -0.155. The van der Waals surface area contributed by atoms with Crippen LogP contribution in [0, 0.1) is 0 Å². The average molecular weight is 331 g/mol. The van der Waals surface area contributed by atoms with Crippen LogP contribution in [0.1, 0.15) is 25.5 Å². The molecule has 0 saturated carbocycles. The number of aromatic nitrogens is 2. The van der Waals surface area contributed by atoms with E-state index in [0.717, 1.165) is 10.6 Å². The van der Waals surface area contributed by atoms with Gasteiger partial charge in [0.2, 0.25) is 5.91 Å². The van der Waals surface area contributed by atoms with E-state index in [-0.39, 0.29) is 12.3 Å². The molecule has 7 heteroatoms. The topological polar surface area (TPSA) is 83.4 Å². The summed E-state index contributed by atoms with van der Waals surface area (Å²) in [6.07, 6.45) is 4.76. The SMILES string of the molecule is CC1(C(=O)O)CCCN1C(=O)Cc1csc(-c2cccnc2)n1. The third-order valence-electron chi connectivity index (χ3n) is 4.20. The number of carboxylic acids is 1. The highest BCUT2D eigenvalue weighted by molar-refractivity contribution is 7.13. The zero-order valence-corrected chi connectivity index (χ0v) is 13.5. The Bertz CT molecular complexity index is 731. The molecule has 0 aliphatic carbocycles. The normalized spacial score (nSPS) is 20.7. The Labute approximate surface area is 137 Å². The van der Waals surface area contributed by atoms with E-state index in [0.29, 0.717) is 25.1 Å².